The third-order valence-corrected chi connectivity index (χ3v) is 7.68. The summed E-state index contributed by atoms with van der Waals surface area (Å²) in [7, 11) is -2.36. The molecule has 1 N–H and O–H groups in total. The molecule has 0 aliphatic heterocycles. The van der Waals surface area contributed by atoms with Crippen LogP contribution in [0.1, 0.15) is 33.0 Å². The fraction of sp³-hybridized carbons (Fsp3) is 0.143. The number of rotatable bonds is 10. The van der Waals surface area contributed by atoms with Gasteiger partial charge in [-0.05, 0) is 55.0 Å². The van der Waals surface area contributed by atoms with Gasteiger partial charge in [0.25, 0.3) is 5.91 Å². The number of hydrazone groups is 1. The normalized spacial score (nSPS) is 11.7. The Balaban J connectivity index is 1.50. The molecule has 1 aromatic heterocycles. The summed E-state index contributed by atoms with van der Waals surface area (Å²) in [5, 5.41) is 4.32. The third kappa shape index (κ3) is 6.69. The number of sulfonamides is 1. The Morgan fingerprint density at radius 3 is 2.47 bits per heavy atom. The number of ether oxygens (including phenoxy) is 1. The molecule has 0 aliphatic carbocycles. The van der Waals surface area contributed by atoms with Crippen LogP contribution in [0.4, 0.5) is 0 Å². The Morgan fingerprint density at radius 2 is 1.76 bits per heavy atom. The minimum absolute atomic E-state index is 0.00498. The van der Waals surface area contributed by atoms with Gasteiger partial charge in [0.1, 0.15) is 17.3 Å². The molecule has 0 bridgehead atoms. The van der Waals surface area contributed by atoms with Crippen LogP contribution in [0.2, 0.25) is 5.02 Å². The van der Waals surface area contributed by atoms with Gasteiger partial charge in [-0.25, -0.2) is 13.8 Å². The molecule has 0 aliphatic rings. The maximum atomic E-state index is 13.5. The van der Waals surface area contributed by atoms with Gasteiger partial charge < -0.3 is 9.15 Å². The average Bonchev–Trinajstić information content (AvgIpc) is 3.36. The molecule has 4 aromatic rings. The monoisotopic (exact) mass is 551 g/mol. The Kier molecular flexibility index (Phi) is 8.62. The Bertz CT molecular complexity index is 1530. The SMILES string of the molecule is COc1ccc(Cl)cc1C(=O)N/N=C\c1ccc(CN(Cc2ccccc2)S(=O)(=O)c2ccc(C)cc2)o1. The number of carbonyl (C=O) groups is 1. The number of benzene rings is 3. The van der Waals surface area contributed by atoms with Crippen molar-refractivity contribution >= 4 is 33.7 Å². The van der Waals surface area contributed by atoms with E-state index in [0.29, 0.717) is 22.3 Å². The summed E-state index contributed by atoms with van der Waals surface area (Å²) >= 11 is 5.99. The summed E-state index contributed by atoms with van der Waals surface area (Å²) in [5.41, 5.74) is 4.45. The van der Waals surface area contributed by atoms with Gasteiger partial charge in [-0.3, -0.25) is 4.79 Å². The molecule has 0 saturated carbocycles. The highest BCUT2D eigenvalue weighted by Gasteiger charge is 2.26. The standard InChI is InChI=1S/C28H26ClN3O5S/c1-20-8-13-25(14-9-20)38(34,35)32(18-21-6-4-3-5-7-21)19-24-12-11-23(37-24)17-30-31-28(33)26-16-22(29)10-15-27(26)36-2/h3-17H,18-19H2,1-2H3,(H,31,33)/b30-17-. The Hall–Kier alpha value is -3.92. The van der Waals surface area contributed by atoms with E-state index in [-0.39, 0.29) is 23.5 Å². The van der Waals surface area contributed by atoms with Gasteiger partial charge in [0.05, 0.1) is 30.3 Å². The lowest BCUT2D eigenvalue weighted by Gasteiger charge is -2.21. The zero-order valence-corrected chi connectivity index (χ0v) is 22.4. The van der Waals surface area contributed by atoms with Gasteiger partial charge in [-0.1, -0.05) is 59.6 Å². The molecule has 10 heteroatoms. The fourth-order valence-electron chi connectivity index (χ4n) is 3.67. The van der Waals surface area contributed by atoms with Gasteiger partial charge in [-0.15, -0.1) is 0 Å². The fourth-order valence-corrected chi connectivity index (χ4v) is 5.23. The van der Waals surface area contributed by atoms with Crippen LogP contribution in [0.25, 0.3) is 0 Å². The average molecular weight is 552 g/mol. The summed E-state index contributed by atoms with van der Waals surface area (Å²) in [5.74, 6) is 0.605. The molecule has 1 heterocycles. The number of amides is 1. The molecule has 0 saturated heterocycles. The van der Waals surface area contributed by atoms with Crippen molar-refractivity contribution in [1.29, 1.82) is 0 Å². The predicted octanol–water partition coefficient (Wildman–Crippen LogP) is 5.41. The summed E-state index contributed by atoms with van der Waals surface area (Å²) < 4.78 is 39.4. The van der Waals surface area contributed by atoms with E-state index in [1.807, 2.05) is 37.3 Å². The molecule has 38 heavy (non-hydrogen) atoms. The van der Waals surface area contributed by atoms with Crippen LogP contribution in [0.3, 0.4) is 0 Å². The number of aryl methyl sites for hydroxylation is 1. The highest BCUT2D eigenvalue weighted by atomic mass is 35.5. The second-order valence-corrected chi connectivity index (χ2v) is 10.8. The first-order valence-corrected chi connectivity index (χ1v) is 13.4. The summed E-state index contributed by atoms with van der Waals surface area (Å²) in [6.07, 6.45) is 1.33. The molecule has 4 rings (SSSR count). The Morgan fingerprint density at radius 1 is 1.03 bits per heavy atom. The molecule has 0 spiro atoms. The lowest BCUT2D eigenvalue weighted by atomic mass is 10.2. The number of hydrogen-bond acceptors (Lipinski definition) is 6. The third-order valence-electron chi connectivity index (χ3n) is 5.64. The lowest BCUT2D eigenvalue weighted by molar-refractivity contribution is 0.0952. The van der Waals surface area contributed by atoms with Crippen LogP contribution in [0.5, 0.6) is 5.75 Å². The van der Waals surface area contributed by atoms with E-state index >= 15 is 0 Å². The van der Waals surface area contributed by atoms with E-state index in [0.717, 1.165) is 11.1 Å². The van der Waals surface area contributed by atoms with Gasteiger partial charge >= 0.3 is 0 Å². The number of nitrogens with zero attached hydrogens (tertiary/aromatic N) is 2. The second-order valence-electron chi connectivity index (χ2n) is 8.42. The first-order chi connectivity index (χ1) is 18.3. The molecule has 0 atom stereocenters. The molecule has 1 amide bonds. The van der Waals surface area contributed by atoms with Crippen molar-refractivity contribution < 1.29 is 22.4 Å². The van der Waals surface area contributed by atoms with E-state index in [4.69, 9.17) is 20.8 Å². The van der Waals surface area contributed by atoms with Crippen LogP contribution in [-0.2, 0) is 23.1 Å². The van der Waals surface area contributed by atoms with Crippen molar-refractivity contribution in [1.82, 2.24) is 9.73 Å². The highest BCUT2D eigenvalue weighted by Crippen LogP contribution is 2.24. The maximum absolute atomic E-state index is 13.5. The maximum Gasteiger partial charge on any atom is 0.275 e. The topological polar surface area (TPSA) is 101 Å². The van der Waals surface area contributed by atoms with Crippen LogP contribution in [-0.4, -0.2) is 32.0 Å². The molecular weight excluding hydrogens is 526 g/mol. The number of nitrogens with one attached hydrogen (secondary N) is 1. The molecule has 0 unspecified atom stereocenters. The smallest absolute Gasteiger partial charge is 0.275 e. The van der Waals surface area contributed by atoms with Crippen molar-refractivity contribution in [3.63, 3.8) is 0 Å². The van der Waals surface area contributed by atoms with Crippen LogP contribution >= 0.6 is 11.6 Å². The number of hydrogen-bond donors (Lipinski definition) is 1. The van der Waals surface area contributed by atoms with E-state index in [1.54, 1.807) is 48.5 Å². The van der Waals surface area contributed by atoms with Crippen LogP contribution < -0.4 is 10.2 Å². The van der Waals surface area contributed by atoms with E-state index < -0.39 is 15.9 Å². The van der Waals surface area contributed by atoms with Crippen LogP contribution in [0.15, 0.2) is 99.3 Å². The van der Waals surface area contributed by atoms with Gasteiger partial charge in [0, 0.05) is 11.6 Å². The molecule has 0 radical (unpaired) electrons. The summed E-state index contributed by atoms with van der Waals surface area (Å²) in [6, 6.07) is 24.1. The van der Waals surface area contributed by atoms with E-state index in [2.05, 4.69) is 10.5 Å². The minimum Gasteiger partial charge on any atom is -0.496 e. The molecular formula is C28H26ClN3O5S. The van der Waals surface area contributed by atoms with Crippen molar-refractivity contribution in [2.24, 2.45) is 5.10 Å². The predicted molar refractivity (Wildman–Crippen MR) is 146 cm³/mol. The van der Waals surface area contributed by atoms with Gasteiger partial charge in [-0.2, -0.15) is 9.41 Å². The molecule has 3 aromatic carbocycles. The van der Waals surface area contributed by atoms with Gasteiger partial charge in [0.2, 0.25) is 10.0 Å². The van der Waals surface area contributed by atoms with Crippen molar-refractivity contribution in [2.45, 2.75) is 24.9 Å². The largest absolute Gasteiger partial charge is 0.496 e. The first kappa shape index (κ1) is 27.1. The van der Waals surface area contributed by atoms with E-state index in [9.17, 15) is 13.2 Å². The summed E-state index contributed by atoms with van der Waals surface area (Å²) in [6.45, 7) is 2.07. The number of carbonyl (C=O) groups excluding carboxylic acids is 1. The molecule has 0 fully saturated rings. The van der Waals surface area contributed by atoms with Crippen molar-refractivity contribution in [3.05, 3.63) is 118 Å². The number of furan rings is 1. The van der Waals surface area contributed by atoms with Gasteiger partial charge in [0.15, 0.2) is 0 Å². The van der Waals surface area contributed by atoms with Crippen LogP contribution in [0, 0.1) is 6.92 Å². The molecule has 196 valence electrons. The van der Waals surface area contributed by atoms with Crippen molar-refractivity contribution in [3.8, 4) is 5.75 Å². The number of methoxy groups -OCH3 is 1. The minimum atomic E-state index is -3.81. The van der Waals surface area contributed by atoms with E-state index in [1.165, 1.54) is 23.7 Å². The zero-order chi connectivity index (χ0) is 27.1. The lowest BCUT2D eigenvalue weighted by Crippen LogP contribution is -2.30. The Labute approximate surface area is 226 Å². The highest BCUT2D eigenvalue weighted by molar-refractivity contribution is 7.89. The molecule has 8 nitrogen and oxygen atoms in total. The first-order valence-electron chi connectivity index (χ1n) is 11.6. The second kappa shape index (κ2) is 12.1. The number of halogens is 1. The van der Waals surface area contributed by atoms with Crippen molar-refractivity contribution in [2.75, 3.05) is 7.11 Å². The summed E-state index contributed by atoms with van der Waals surface area (Å²) in [4.78, 5) is 12.7. The zero-order valence-electron chi connectivity index (χ0n) is 20.8. The quantitative estimate of drug-likeness (QED) is 0.210.